The predicted octanol–water partition coefficient (Wildman–Crippen LogP) is 1.94. The molecule has 2 N–H and O–H groups in total. The van der Waals surface area contributed by atoms with Crippen LogP contribution in [0, 0.1) is 11.3 Å². The molecule has 0 amide bonds. The lowest BCUT2D eigenvalue weighted by Crippen LogP contribution is -2.53. The van der Waals surface area contributed by atoms with Crippen molar-refractivity contribution in [3.63, 3.8) is 0 Å². The van der Waals surface area contributed by atoms with Crippen LogP contribution in [-0.2, 0) is 4.74 Å². The monoisotopic (exact) mass is 241 g/mol. The highest BCUT2D eigenvalue weighted by molar-refractivity contribution is 5.04. The molecule has 3 nitrogen and oxygen atoms in total. The van der Waals surface area contributed by atoms with Crippen LogP contribution in [0.2, 0.25) is 0 Å². The molecule has 0 aromatic carbocycles. The first-order chi connectivity index (χ1) is 7.97. The number of ether oxygens (including phenoxy) is 1. The number of hydrogen-bond donors (Lipinski definition) is 2. The minimum Gasteiger partial charge on any atom is -0.394 e. The van der Waals surface area contributed by atoms with Gasteiger partial charge in [0.15, 0.2) is 0 Å². The second kappa shape index (κ2) is 4.87. The second-order valence-corrected chi connectivity index (χ2v) is 6.78. The molecule has 3 atom stereocenters. The fourth-order valence-electron chi connectivity index (χ4n) is 3.75. The van der Waals surface area contributed by atoms with E-state index in [1.807, 2.05) is 0 Å². The molecule has 0 spiro atoms. The van der Waals surface area contributed by atoms with Crippen LogP contribution in [0.15, 0.2) is 0 Å². The van der Waals surface area contributed by atoms with Crippen molar-refractivity contribution in [3.05, 3.63) is 0 Å². The van der Waals surface area contributed by atoms with Crippen molar-refractivity contribution in [1.82, 2.24) is 5.32 Å². The standard InChI is InChI=1S/C14H27NO2/c1-11-7-13(2,3)9-14(11,10-16)15-8-12-5-4-6-17-12/h11-12,15-16H,4-10H2,1-3H3. The van der Waals surface area contributed by atoms with Gasteiger partial charge in [-0.25, -0.2) is 0 Å². The van der Waals surface area contributed by atoms with Gasteiger partial charge >= 0.3 is 0 Å². The maximum Gasteiger partial charge on any atom is 0.0700 e. The first-order valence-electron chi connectivity index (χ1n) is 6.95. The van der Waals surface area contributed by atoms with Gasteiger partial charge in [-0.1, -0.05) is 20.8 Å². The zero-order valence-corrected chi connectivity index (χ0v) is 11.5. The van der Waals surface area contributed by atoms with Crippen molar-refractivity contribution in [3.8, 4) is 0 Å². The third kappa shape index (κ3) is 2.83. The Kier molecular flexibility index (Phi) is 3.81. The van der Waals surface area contributed by atoms with Crippen molar-refractivity contribution in [2.45, 2.75) is 58.1 Å². The van der Waals surface area contributed by atoms with E-state index in [0.717, 1.165) is 26.0 Å². The van der Waals surface area contributed by atoms with Gasteiger partial charge in [0, 0.05) is 18.7 Å². The molecule has 1 saturated carbocycles. The Hall–Kier alpha value is -0.120. The summed E-state index contributed by atoms with van der Waals surface area (Å²) in [4.78, 5) is 0. The minimum atomic E-state index is -0.0878. The molecule has 2 aliphatic rings. The molecule has 100 valence electrons. The van der Waals surface area contributed by atoms with E-state index in [9.17, 15) is 5.11 Å². The summed E-state index contributed by atoms with van der Waals surface area (Å²) in [6.45, 7) is 8.89. The molecule has 0 radical (unpaired) electrons. The van der Waals surface area contributed by atoms with E-state index in [1.165, 1.54) is 12.8 Å². The molecule has 2 rings (SSSR count). The quantitative estimate of drug-likeness (QED) is 0.790. The summed E-state index contributed by atoms with van der Waals surface area (Å²) in [6.07, 6.45) is 4.94. The lowest BCUT2D eigenvalue weighted by molar-refractivity contribution is 0.0755. The lowest BCUT2D eigenvalue weighted by Gasteiger charge is -2.35. The number of hydrogen-bond acceptors (Lipinski definition) is 3. The van der Waals surface area contributed by atoms with Gasteiger partial charge in [0.05, 0.1) is 12.7 Å². The molecule has 1 saturated heterocycles. The Morgan fingerprint density at radius 3 is 2.65 bits per heavy atom. The summed E-state index contributed by atoms with van der Waals surface area (Å²) in [5.74, 6) is 0.531. The summed E-state index contributed by atoms with van der Waals surface area (Å²) in [6, 6.07) is 0. The number of nitrogens with one attached hydrogen (secondary N) is 1. The van der Waals surface area contributed by atoms with E-state index in [0.29, 0.717) is 17.4 Å². The molecule has 0 aromatic heterocycles. The highest BCUT2D eigenvalue weighted by Crippen LogP contribution is 2.47. The van der Waals surface area contributed by atoms with Crippen LogP contribution >= 0.6 is 0 Å². The van der Waals surface area contributed by atoms with Crippen LogP contribution in [0.25, 0.3) is 0 Å². The average molecular weight is 241 g/mol. The van der Waals surface area contributed by atoms with E-state index < -0.39 is 0 Å². The van der Waals surface area contributed by atoms with Crippen LogP contribution in [0.4, 0.5) is 0 Å². The molecule has 3 unspecified atom stereocenters. The number of aliphatic hydroxyl groups excluding tert-OH is 1. The summed E-state index contributed by atoms with van der Waals surface area (Å²) in [5, 5.41) is 13.4. The first-order valence-corrected chi connectivity index (χ1v) is 6.95. The predicted molar refractivity (Wildman–Crippen MR) is 69.0 cm³/mol. The average Bonchev–Trinajstić information content (AvgIpc) is 2.82. The second-order valence-electron chi connectivity index (χ2n) is 6.78. The molecule has 0 aromatic rings. The van der Waals surface area contributed by atoms with Gasteiger partial charge in [0.2, 0.25) is 0 Å². The van der Waals surface area contributed by atoms with Crippen molar-refractivity contribution < 1.29 is 9.84 Å². The minimum absolute atomic E-state index is 0.0878. The number of aliphatic hydroxyl groups is 1. The first kappa shape index (κ1) is 13.3. The van der Waals surface area contributed by atoms with Gasteiger partial charge in [-0.3, -0.25) is 0 Å². The van der Waals surface area contributed by atoms with Crippen molar-refractivity contribution in [1.29, 1.82) is 0 Å². The van der Waals surface area contributed by atoms with Gasteiger partial charge in [0.25, 0.3) is 0 Å². The topological polar surface area (TPSA) is 41.5 Å². The zero-order chi connectivity index (χ0) is 12.5. The van der Waals surface area contributed by atoms with Crippen LogP contribution < -0.4 is 5.32 Å². The van der Waals surface area contributed by atoms with Crippen LogP contribution in [0.1, 0.15) is 46.5 Å². The molecule has 1 heterocycles. The lowest BCUT2D eigenvalue weighted by atomic mass is 9.87. The molecule has 17 heavy (non-hydrogen) atoms. The summed E-state index contributed by atoms with van der Waals surface area (Å²) in [5.41, 5.74) is 0.251. The molecule has 1 aliphatic heterocycles. The largest absolute Gasteiger partial charge is 0.394 e. The van der Waals surface area contributed by atoms with Crippen LogP contribution in [0.5, 0.6) is 0 Å². The molecule has 1 aliphatic carbocycles. The maximum atomic E-state index is 9.79. The third-order valence-corrected chi connectivity index (χ3v) is 4.58. The molecule has 3 heteroatoms. The van der Waals surface area contributed by atoms with Crippen molar-refractivity contribution >= 4 is 0 Å². The molecular formula is C14H27NO2. The van der Waals surface area contributed by atoms with Gasteiger partial charge < -0.3 is 15.2 Å². The Labute approximate surface area is 105 Å². The van der Waals surface area contributed by atoms with Gasteiger partial charge in [-0.15, -0.1) is 0 Å². The zero-order valence-electron chi connectivity index (χ0n) is 11.5. The Morgan fingerprint density at radius 2 is 2.18 bits per heavy atom. The summed E-state index contributed by atoms with van der Waals surface area (Å²) < 4.78 is 5.65. The third-order valence-electron chi connectivity index (χ3n) is 4.58. The Bertz CT molecular complexity index is 261. The fourth-order valence-corrected chi connectivity index (χ4v) is 3.75. The molecule has 0 bridgehead atoms. The normalized spacial score (nSPS) is 40.9. The SMILES string of the molecule is CC1CC(C)(C)CC1(CO)NCC1CCCO1. The molecule has 2 fully saturated rings. The van der Waals surface area contributed by atoms with E-state index >= 15 is 0 Å². The van der Waals surface area contributed by atoms with Crippen LogP contribution in [0.3, 0.4) is 0 Å². The van der Waals surface area contributed by atoms with E-state index in [4.69, 9.17) is 4.74 Å². The van der Waals surface area contributed by atoms with Crippen molar-refractivity contribution in [2.24, 2.45) is 11.3 Å². The summed E-state index contributed by atoms with van der Waals surface area (Å²) >= 11 is 0. The fraction of sp³-hybridized carbons (Fsp3) is 1.00. The number of rotatable bonds is 4. The Morgan fingerprint density at radius 1 is 1.41 bits per heavy atom. The molecular weight excluding hydrogens is 214 g/mol. The van der Waals surface area contributed by atoms with Crippen molar-refractivity contribution in [2.75, 3.05) is 19.8 Å². The highest BCUT2D eigenvalue weighted by Gasteiger charge is 2.48. The smallest absolute Gasteiger partial charge is 0.0700 e. The van der Waals surface area contributed by atoms with E-state index in [2.05, 4.69) is 26.1 Å². The van der Waals surface area contributed by atoms with E-state index in [1.54, 1.807) is 0 Å². The maximum absolute atomic E-state index is 9.79. The summed E-state index contributed by atoms with van der Waals surface area (Å²) in [7, 11) is 0. The van der Waals surface area contributed by atoms with Gasteiger partial charge in [-0.05, 0) is 37.0 Å². The highest BCUT2D eigenvalue weighted by atomic mass is 16.5. The van der Waals surface area contributed by atoms with E-state index in [-0.39, 0.29) is 12.1 Å². The Balaban J connectivity index is 1.94. The van der Waals surface area contributed by atoms with Crippen LogP contribution in [-0.4, -0.2) is 36.5 Å². The van der Waals surface area contributed by atoms with Gasteiger partial charge in [0.1, 0.15) is 0 Å². The van der Waals surface area contributed by atoms with Gasteiger partial charge in [-0.2, -0.15) is 0 Å².